The minimum Gasteiger partial charge on any atom is -0.508 e. The maximum atomic E-state index is 13.4. The van der Waals surface area contributed by atoms with Gasteiger partial charge in [-0.15, -0.1) is 0 Å². The standard InChI is InChI=1S/C16H16FNO2/c17-15-4-2-1-3-13(15)9-10-18-16(20)11-12-5-7-14(19)8-6-12/h1-8,19H,9-11H2,(H,18,20). The van der Waals surface area contributed by atoms with Crippen LogP contribution in [-0.4, -0.2) is 17.6 Å². The van der Waals surface area contributed by atoms with Gasteiger partial charge in [-0.2, -0.15) is 0 Å². The predicted octanol–water partition coefficient (Wildman–Crippen LogP) is 2.43. The van der Waals surface area contributed by atoms with E-state index in [1.165, 1.54) is 6.07 Å². The van der Waals surface area contributed by atoms with Crippen molar-refractivity contribution in [1.29, 1.82) is 0 Å². The monoisotopic (exact) mass is 273 g/mol. The van der Waals surface area contributed by atoms with E-state index in [0.717, 1.165) is 5.56 Å². The molecule has 0 saturated heterocycles. The van der Waals surface area contributed by atoms with Gasteiger partial charge in [-0.1, -0.05) is 30.3 Å². The zero-order valence-electron chi connectivity index (χ0n) is 11.0. The molecule has 3 nitrogen and oxygen atoms in total. The third-order valence-electron chi connectivity index (χ3n) is 2.98. The van der Waals surface area contributed by atoms with Gasteiger partial charge in [0.05, 0.1) is 6.42 Å². The zero-order valence-corrected chi connectivity index (χ0v) is 11.0. The lowest BCUT2D eigenvalue weighted by Gasteiger charge is -2.06. The highest BCUT2D eigenvalue weighted by Crippen LogP contribution is 2.10. The summed E-state index contributed by atoms with van der Waals surface area (Å²) < 4.78 is 13.4. The largest absolute Gasteiger partial charge is 0.508 e. The minimum atomic E-state index is -0.250. The molecule has 1 amide bonds. The smallest absolute Gasteiger partial charge is 0.224 e. The predicted molar refractivity (Wildman–Crippen MR) is 74.9 cm³/mol. The van der Waals surface area contributed by atoms with Gasteiger partial charge in [-0.05, 0) is 35.7 Å². The van der Waals surface area contributed by atoms with Crippen LogP contribution >= 0.6 is 0 Å². The minimum absolute atomic E-state index is 0.118. The van der Waals surface area contributed by atoms with E-state index in [-0.39, 0.29) is 23.9 Å². The van der Waals surface area contributed by atoms with Gasteiger partial charge in [0.25, 0.3) is 0 Å². The van der Waals surface area contributed by atoms with Crippen molar-refractivity contribution < 1.29 is 14.3 Å². The molecule has 4 heteroatoms. The molecule has 2 N–H and O–H groups in total. The molecule has 0 saturated carbocycles. The summed E-state index contributed by atoms with van der Waals surface area (Å²) in [5.41, 5.74) is 1.42. The van der Waals surface area contributed by atoms with Crippen molar-refractivity contribution in [3.63, 3.8) is 0 Å². The van der Waals surface area contributed by atoms with Crippen LogP contribution in [0.3, 0.4) is 0 Å². The first-order chi connectivity index (χ1) is 9.65. The molecule has 0 radical (unpaired) electrons. The van der Waals surface area contributed by atoms with Gasteiger partial charge in [0.1, 0.15) is 11.6 Å². The second-order valence-corrected chi connectivity index (χ2v) is 4.53. The Bertz CT molecular complexity index is 581. The molecule has 0 bridgehead atoms. The number of nitrogens with one attached hydrogen (secondary N) is 1. The average Bonchev–Trinajstić information content (AvgIpc) is 2.43. The number of hydrogen-bond donors (Lipinski definition) is 2. The third kappa shape index (κ3) is 4.09. The number of rotatable bonds is 5. The Labute approximate surface area is 117 Å². The number of benzene rings is 2. The Kier molecular flexibility index (Phi) is 4.71. The lowest BCUT2D eigenvalue weighted by Crippen LogP contribution is -2.27. The summed E-state index contributed by atoms with van der Waals surface area (Å²) in [6.45, 7) is 0.401. The Hall–Kier alpha value is -2.36. The molecule has 2 aromatic carbocycles. The highest BCUT2D eigenvalue weighted by molar-refractivity contribution is 5.78. The molecule has 0 aliphatic rings. The summed E-state index contributed by atoms with van der Waals surface area (Å²) in [6, 6.07) is 13.0. The molecule has 2 aromatic rings. The molecule has 0 aliphatic carbocycles. The Balaban J connectivity index is 1.78. The van der Waals surface area contributed by atoms with E-state index in [0.29, 0.717) is 18.5 Å². The van der Waals surface area contributed by atoms with E-state index in [4.69, 9.17) is 5.11 Å². The SMILES string of the molecule is O=C(Cc1ccc(O)cc1)NCCc1ccccc1F. The molecule has 0 unspecified atom stereocenters. The molecule has 0 fully saturated rings. The molecule has 0 spiro atoms. The second kappa shape index (κ2) is 6.70. The Morgan fingerprint density at radius 1 is 1.10 bits per heavy atom. The quantitative estimate of drug-likeness (QED) is 0.879. The number of carbonyl (C=O) groups is 1. The normalized spacial score (nSPS) is 10.2. The number of hydrogen-bond acceptors (Lipinski definition) is 2. The molecule has 0 atom stereocenters. The third-order valence-corrected chi connectivity index (χ3v) is 2.98. The molecule has 0 aromatic heterocycles. The summed E-state index contributed by atoms with van der Waals surface area (Å²) in [6.07, 6.45) is 0.714. The van der Waals surface area contributed by atoms with Crippen LogP contribution in [0.2, 0.25) is 0 Å². The van der Waals surface area contributed by atoms with Crippen LogP contribution in [0.4, 0.5) is 4.39 Å². The first-order valence-electron chi connectivity index (χ1n) is 6.43. The van der Waals surface area contributed by atoms with Crippen LogP contribution in [0.1, 0.15) is 11.1 Å². The first-order valence-corrected chi connectivity index (χ1v) is 6.43. The average molecular weight is 273 g/mol. The highest BCUT2D eigenvalue weighted by atomic mass is 19.1. The maximum absolute atomic E-state index is 13.4. The number of aromatic hydroxyl groups is 1. The van der Waals surface area contributed by atoms with Crippen molar-refractivity contribution in [1.82, 2.24) is 5.32 Å². The van der Waals surface area contributed by atoms with E-state index in [9.17, 15) is 9.18 Å². The number of carbonyl (C=O) groups excluding carboxylic acids is 1. The van der Waals surface area contributed by atoms with Crippen LogP contribution in [0, 0.1) is 5.82 Å². The number of amides is 1. The fourth-order valence-corrected chi connectivity index (χ4v) is 1.90. The molecule has 20 heavy (non-hydrogen) atoms. The van der Waals surface area contributed by atoms with Crippen LogP contribution in [0.15, 0.2) is 48.5 Å². The van der Waals surface area contributed by atoms with Crippen molar-refractivity contribution in [2.75, 3.05) is 6.54 Å². The molecular formula is C16H16FNO2. The van der Waals surface area contributed by atoms with E-state index in [2.05, 4.69) is 5.32 Å². The number of phenols is 1. The van der Waals surface area contributed by atoms with Crippen LogP contribution in [-0.2, 0) is 17.6 Å². The molecular weight excluding hydrogens is 257 g/mol. The van der Waals surface area contributed by atoms with Crippen molar-refractivity contribution in [3.8, 4) is 5.75 Å². The summed E-state index contributed by atoms with van der Waals surface area (Å²) in [5, 5.41) is 11.9. The molecule has 0 aliphatic heterocycles. The van der Waals surface area contributed by atoms with Crippen LogP contribution in [0.5, 0.6) is 5.75 Å². The zero-order chi connectivity index (χ0) is 14.4. The highest BCUT2D eigenvalue weighted by Gasteiger charge is 2.04. The summed E-state index contributed by atoms with van der Waals surface area (Å²) in [5.74, 6) is -0.193. The molecule has 2 rings (SSSR count). The summed E-state index contributed by atoms with van der Waals surface area (Å²) in [7, 11) is 0. The van der Waals surface area contributed by atoms with Gasteiger partial charge in [-0.25, -0.2) is 4.39 Å². The van der Waals surface area contributed by atoms with Crippen LogP contribution in [0.25, 0.3) is 0 Å². The Morgan fingerprint density at radius 2 is 1.80 bits per heavy atom. The number of halogens is 1. The molecule has 0 heterocycles. The van der Waals surface area contributed by atoms with Crippen LogP contribution < -0.4 is 5.32 Å². The van der Waals surface area contributed by atoms with Crippen molar-refractivity contribution >= 4 is 5.91 Å². The van der Waals surface area contributed by atoms with E-state index in [1.54, 1.807) is 42.5 Å². The topological polar surface area (TPSA) is 49.3 Å². The molecule has 104 valence electrons. The van der Waals surface area contributed by atoms with Crippen molar-refractivity contribution in [2.24, 2.45) is 0 Å². The van der Waals surface area contributed by atoms with Crippen molar-refractivity contribution in [3.05, 3.63) is 65.5 Å². The van der Waals surface area contributed by atoms with E-state index < -0.39 is 0 Å². The van der Waals surface area contributed by atoms with Gasteiger partial charge in [0, 0.05) is 6.54 Å². The lowest BCUT2D eigenvalue weighted by molar-refractivity contribution is -0.120. The van der Waals surface area contributed by atoms with Gasteiger partial charge in [-0.3, -0.25) is 4.79 Å². The van der Waals surface area contributed by atoms with Gasteiger partial charge < -0.3 is 10.4 Å². The first kappa shape index (κ1) is 14.1. The van der Waals surface area contributed by atoms with E-state index >= 15 is 0 Å². The second-order valence-electron chi connectivity index (χ2n) is 4.53. The van der Waals surface area contributed by atoms with E-state index in [1.807, 2.05) is 0 Å². The maximum Gasteiger partial charge on any atom is 0.224 e. The Morgan fingerprint density at radius 3 is 2.50 bits per heavy atom. The fraction of sp³-hybridized carbons (Fsp3) is 0.188. The number of phenolic OH excluding ortho intramolecular Hbond substituents is 1. The fourth-order valence-electron chi connectivity index (χ4n) is 1.90. The van der Waals surface area contributed by atoms with Crippen molar-refractivity contribution in [2.45, 2.75) is 12.8 Å². The van der Waals surface area contributed by atoms with Gasteiger partial charge >= 0.3 is 0 Å². The lowest BCUT2D eigenvalue weighted by atomic mass is 10.1. The van der Waals surface area contributed by atoms with Gasteiger partial charge in [0.15, 0.2) is 0 Å². The summed E-state index contributed by atoms with van der Waals surface area (Å²) in [4.78, 5) is 11.7. The summed E-state index contributed by atoms with van der Waals surface area (Å²) >= 11 is 0. The van der Waals surface area contributed by atoms with Gasteiger partial charge in [0.2, 0.25) is 5.91 Å².